The quantitative estimate of drug-likeness (QED) is 0.430. The molecule has 0 bridgehead atoms. The number of fused-ring (bicyclic) bond motifs is 2. The number of imide groups is 1. The zero-order chi connectivity index (χ0) is 20.9. The molecule has 29 heavy (non-hydrogen) atoms. The van der Waals surface area contributed by atoms with E-state index in [1.165, 1.54) is 24.5 Å². The van der Waals surface area contributed by atoms with Crippen LogP contribution in [0.3, 0.4) is 0 Å². The normalized spacial score (nSPS) is 13.0. The summed E-state index contributed by atoms with van der Waals surface area (Å²) in [6.45, 7) is 0. The fourth-order valence-electron chi connectivity index (χ4n) is 2.95. The minimum absolute atomic E-state index is 0.0339. The number of rotatable bonds is 2. The van der Waals surface area contributed by atoms with E-state index >= 15 is 0 Å². The summed E-state index contributed by atoms with van der Waals surface area (Å²) in [7, 11) is 1.42. The van der Waals surface area contributed by atoms with Crippen molar-refractivity contribution < 1.29 is 14.4 Å². The molecule has 0 atom stereocenters. The monoisotopic (exact) mass is 463 g/mol. The summed E-state index contributed by atoms with van der Waals surface area (Å²) < 4.78 is 0.789. The molecule has 1 aromatic heterocycles. The van der Waals surface area contributed by atoms with Crippen molar-refractivity contribution in [3.05, 3.63) is 62.4 Å². The molecule has 10 heteroatoms. The number of thiophene rings is 1. The molecule has 4 rings (SSSR count). The number of carbonyl (C=O) groups is 3. The molecule has 0 aliphatic carbocycles. The van der Waals surface area contributed by atoms with Crippen molar-refractivity contribution in [3.63, 3.8) is 0 Å². The molecular weight excluding hydrogens is 453 g/mol. The number of nitrogens with zero attached hydrogens (tertiary/aromatic N) is 1. The van der Waals surface area contributed by atoms with Crippen LogP contribution < -0.4 is 10.6 Å². The van der Waals surface area contributed by atoms with Gasteiger partial charge in [0, 0.05) is 27.8 Å². The molecule has 3 aromatic rings. The molecule has 1 aliphatic heterocycles. The molecule has 3 amide bonds. The van der Waals surface area contributed by atoms with Crippen LogP contribution in [0, 0.1) is 0 Å². The summed E-state index contributed by atoms with van der Waals surface area (Å²) >= 11 is 18.7. The number of anilines is 1. The van der Waals surface area contributed by atoms with E-state index in [4.69, 9.17) is 35.4 Å². The first-order chi connectivity index (χ1) is 13.8. The first-order valence-corrected chi connectivity index (χ1v) is 10.2. The van der Waals surface area contributed by atoms with Gasteiger partial charge in [-0.1, -0.05) is 29.3 Å². The predicted molar refractivity (Wildman–Crippen MR) is 118 cm³/mol. The van der Waals surface area contributed by atoms with Gasteiger partial charge in [0.1, 0.15) is 4.88 Å². The lowest BCUT2D eigenvalue weighted by Crippen LogP contribution is -2.33. The van der Waals surface area contributed by atoms with Gasteiger partial charge in [-0.05, 0) is 42.5 Å². The second-order valence-electron chi connectivity index (χ2n) is 6.22. The highest BCUT2D eigenvalue weighted by Gasteiger charge is 2.32. The highest BCUT2D eigenvalue weighted by molar-refractivity contribution is 7.80. The first kappa shape index (κ1) is 19.8. The number of nitrogens with one attached hydrogen (secondary N) is 2. The highest BCUT2D eigenvalue weighted by atomic mass is 35.5. The van der Waals surface area contributed by atoms with Crippen LogP contribution in [0.15, 0.2) is 36.4 Å². The lowest BCUT2D eigenvalue weighted by molar-refractivity contribution is 0.0692. The molecule has 1 aliphatic rings. The van der Waals surface area contributed by atoms with E-state index in [1.807, 2.05) is 0 Å². The van der Waals surface area contributed by atoms with E-state index < -0.39 is 5.91 Å². The minimum atomic E-state index is -0.461. The van der Waals surface area contributed by atoms with Gasteiger partial charge in [-0.3, -0.25) is 24.6 Å². The first-order valence-electron chi connectivity index (χ1n) is 8.22. The van der Waals surface area contributed by atoms with Crippen LogP contribution in [0.25, 0.3) is 10.1 Å². The molecule has 0 fully saturated rings. The Morgan fingerprint density at radius 2 is 1.79 bits per heavy atom. The Kier molecular flexibility index (Phi) is 5.04. The van der Waals surface area contributed by atoms with Crippen LogP contribution >= 0.6 is 46.8 Å². The van der Waals surface area contributed by atoms with Crippen LogP contribution in [-0.2, 0) is 0 Å². The third-order valence-electron chi connectivity index (χ3n) is 4.37. The fourth-order valence-corrected chi connectivity index (χ4v) is 4.85. The molecule has 0 saturated heterocycles. The maximum Gasteiger partial charge on any atom is 0.269 e. The van der Waals surface area contributed by atoms with Crippen LogP contribution in [0.5, 0.6) is 0 Å². The van der Waals surface area contributed by atoms with Gasteiger partial charge in [-0.2, -0.15) is 0 Å². The maximum absolute atomic E-state index is 12.6. The molecule has 2 heterocycles. The van der Waals surface area contributed by atoms with Crippen molar-refractivity contribution in [1.82, 2.24) is 10.2 Å². The lowest BCUT2D eigenvalue weighted by atomic mass is 10.1. The number of hydrogen-bond acceptors (Lipinski definition) is 5. The summed E-state index contributed by atoms with van der Waals surface area (Å²) in [5.41, 5.74) is 1.08. The number of benzene rings is 2. The van der Waals surface area contributed by atoms with Crippen LogP contribution in [0.2, 0.25) is 10.0 Å². The van der Waals surface area contributed by atoms with Crippen molar-refractivity contribution in [2.45, 2.75) is 0 Å². The Bertz CT molecular complexity index is 1240. The van der Waals surface area contributed by atoms with Crippen molar-refractivity contribution in [2.75, 3.05) is 12.4 Å². The number of halogens is 2. The molecule has 146 valence electrons. The second kappa shape index (κ2) is 7.38. The Morgan fingerprint density at radius 3 is 2.55 bits per heavy atom. The van der Waals surface area contributed by atoms with Crippen molar-refractivity contribution >= 4 is 85.4 Å². The molecule has 0 unspecified atom stereocenters. The smallest absolute Gasteiger partial charge is 0.269 e. The summed E-state index contributed by atoms with van der Waals surface area (Å²) in [4.78, 5) is 38.0. The van der Waals surface area contributed by atoms with Crippen molar-refractivity contribution in [1.29, 1.82) is 0 Å². The van der Waals surface area contributed by atoms with Gasteiger partial charge in [0.05, 0.1) is 16.1 Å². The van der Waals surface area contributed by atoms with Crippen LogP contribution in [0.1, 0.15) is 30.4 Å². The third kappa shape index (κ3) is 3.49. The van der Waals surface area contributed by atoms with Gasteiger partial charge in [0.2, 0.25) is 0 Å². The average molecular weight is 464 g/mol. The minimum Gasteiger partial charge on any atom is -0.332 e. The molecule has 0 radical (unpaired) electrons. The van der Waals surface area contributed by atoms with E-state index in [-0.39, 0.29) is 22.5 Å². The zero-order valence-electron chi connectivity index (χ0n) is 14.7. The number of thiocarbonyl (C=S) groups is 1. The molecule has 2 aromatic carbocycles. The van der Waals surface area contributed by atoms with Gasteiger partial charge in [0.15, 0.2) is 5.11 Å². The van der Waals surface area contributed by atoms with Crippen molar-refractivity contribution in [3.8, 4) is 0 Å². The number of carbonyl (C=O) groups excluding carboxylic acids is 3. The van der Waals surface area contributed by atoms with E-state index in [1.54, 1.807) is 30.3 Å². The molecule has 2 N–H and O–H groups in total. The van der Waals surface area contributed by atoms with Gasteiger partial charge < -0.3 is 5.32 Å². The van der Waals surface area contributed by atoms with Crippen molar-refractivity contribution in [2.24, 2.45) is 0 Å². The van der Waals surface area contributed by atoms with Gasteiger partial charge in [-0.15, -0.1) is 11.3 Å². The summed E-state index contributed by atoms with van der Waals surface area (Å²) in [6, 6.07) is 9.86. The largest absolute Gasteiger partial charge is 0.332 e. The Hall–Kier alpha value is -2.52. The summed E-state index contributed by atoms with van der Waals surface area (Å²) in [6.07, 6.45) is 0. The Morgan fingerprint density at radius 1 is 1.07 bits per heavy atom. The Labute approximate surface area is 184 Å². The third-order valence-corrected chi connectivity index (χ3v) is 6.47. The van der Waals surface area contributed by atoms with E-state index in [0.717, 1.165) is 15.0 Å². The summed E-state index contributed by atoms with van der Waals surface area (Å²) in [5.74, 6) is -1.21. The van der Waals surface area contributed by atoms with E-state index in [9.17, 15) is 14.4 Å². The highest BCUT2D eigenvalue weighted by Crippen LogP contribution is 2.36. The van der Waals surface area contributed by atoms with Crippen LogP contribution in [-0.4, -0.2) is 34.8 Å². The topological polar surface area (TPSA) is 78.5 Å². The molecule has 6 nitrogen and oxygen atoms in total. The standard InChI is InChI=1S/C19H11Cl2N3O3S2/c1-24-17(26)10-5-3-9(7-12(10)18(24)27)22-19(28)23-16(25)15-14(21)11-4-2-8(20)6-13(11)29-15/h2-7H,1H3,(H2,22,23,25,28). The van der Waals surface area contributed by atoms with Crippen LogP contribution in [0.4, 0.5) is 5.69 Å². The predicted octanol–water partition coefficient (Wildman–Crippen LogP) is 4.56. The van der Waals surface area contributed by atoms with Gasteiger partial charge >= 0.3 is 0 Å². The average Bonchev–Trinajstić information content (AvgIpc) is 3.11. The molecule has 0 saturated carbocycles. The number of amides is 3. The Balaban J connectivity index is 1.51. The van der Waals surface area contributed by atoms with E-state index in [0.29, 0.717) is 26.2 Å². The second-order valence-corrected chi connectivity index (χ2v) is 8.50. The maximum atomic E-state index is 12.6. The molecular formula is C19H11Cl2N3O3S2. The lowest BCUT2D eigenvalue weighted by Gasteiger charge is -2.09. The van der Waals surface area contributed by atoms with Gasteiger partial charge in [-0.25, -0.2) is 0 Å². The summed E-state index contributed by atoms with van der Waals surface area (Å²) in [5, 5.41) is 7.06. The van der Waals surface area contributed by atoms with E-state index in [2.05, 4.69) is 10.6 Å². The molecule has 0 spiro atoms. The van der Waals surface area contributed by atoms with Gasteiger partial charge in [0.25, 0.3) is 17.7 Å². The zero-order valence-corrected chi connectivity index (χ0v) is 17.9. The SMILES string of the molecule is CN1C(=O)c2ccc(NC(=S)NC(=O)c3sc4cc(Cl)ccc4c3Cl)cc2C1=O. The number of hydrogen-bond donors (Lipinski definition) is 2. The fraction of sp³-hybridized carbons (Fsp3) is 0.0526.